The average Bonchev–Trinajstić information content (AvgIpc) is 3.23. The Morgan fingerprint density at radius 3 is 2.40 bits per heavy atom. The molecule has 0 saturated carbocycles. The molecule has 16 heteroatoms. The van der Waals surface area contributed by atoms with Crippen molar-refractivity contribution in [3.05, 3.63) is 105 Å². The molecule has 3 aromatic carbocycles. The highest BCUT2D eigenvalue weighted by molar-refractivity contribution is 7.99. The number of nitrogens with one attached hydrogen (secondary N) is 3. The van der Waals surface area contributed by atoms with E-state index in [2.05, 4.69) is 45.2 Å². The molecule has 62 heavy (non-hydrogen) atoms. The molecule has 2 heterocycles. The molecule has 0 bridgehead atoms. The number of nitriles is 1. The highest BCUT2D eigenvalue weighted by atomic mass is 35.5. The van der Waals surface area contributed by atoms with Gasteiger partial charge in [-0.25, -0.2) is 18.7 Å². The van der Waals surface area contributed by atoms with E-state index in [0.29, 0.717) is 29.7 Å². The van der Waals surface area contributed by atoms with Crippen LogP contribution in [0.25, 0.3) is 0 Å². The van der Waals surface area contributed by atoms with E-state index in [0.717, 1.165) is 29.7 Å². The summed E-state index contributed by atoms with van der Waals surface area (Å²) in [6.07, 6.45) is 4.58. The van der Waals surface area contributed by atoms with Crippen LogP contribution in [-0.4, -0.2) is 58.7 Å². The minimum atomic E-state index is -3.12. The van der Waals surface area contributed by atoms with Gasteiger partial charge in [0.15, 0.2) is 17.3 Å². The topological polar surface area (TPSA) is 172 Å². The van der Waals surface area contributed by atoms with Gasteiger partial charge in [0.25, 0.3) is 5.92 Å². The Balaban J connectivity index is 0.000000605. The number of hydrogen-bond donors (Lipinski definition) is 3. The Morgan fingerprint density at radius 1 is 1.05 bits per heavy atom. The lowest BCUT2D eigenvalue weighted by molar-refractivity contribution is -0.137. The average molecular weight is 891 g/mol. The first-order valence-corrected chi connectivity index (χ1v) is 21.8. The maximum Gasteiger partial charge on any atom is 0.253 e. The summed E-state index contributed by atoms with van der Waals surface area (Å²) in [7, 11) is 0. The molecule has 2 unspecified atom stereocenters. The zero-order chi connectivity index (χ0) is 45.6. The number of carbonyl (C=O) groups excluding carboxylic acids is 4. The van der Waals surface area contributed by atoms with Crippen LogP contribution in [0, 0.1) is 23.2 Å². The van der Waals surface area contributed by atoms with Crippen molar-refractivity contribution in [2.75, 3.05) is 29.4 Å². The molecule has 1 aliphatic rings. The monoisotopic (exact) mass is 890 g/mol. The van der Waals surface area contributed by atoms with Gasteiger partial charge < -0.3 is 14.8 Å². The van der Waals surface area contributed by atoms with Gasteiger partial charge in [-0.2, -0.15) is 5.26 Å². The van der Waals surface area contributed by atoms with E-state index in [1.54, 1.807) is 36.5 Å². The largest absolute Gasteiger partial charge is 0.490 e. The lowest BCUT2D eigenvalue weighted by Gasteiger charge is -2.27. The molecule has 330 valence electrons. The summed E-state index contributed by atoms with van der Waals surface area (Å²) in [6, 6.07) is 19.5. The van der Waals surface area contributed by atoms with Crippen LogP contribution in [0.3, 0.4) is 0 Å². The standard InChI is InChI=1S/C37H38ClF2N5O4S.C9H15NO2/c1-23(46)30-7-6-8-32(33(30)24(2)47)42-17-14-37(39,40)15-18-48-34-25(21-41)19-27(20-31(34)38)36(3,4)26-9-11-29(12-10-26)49-22-28-13-16-43-35(44-28)45-50-5;1-3-6(2)7-4-5-8(11)10-9(7)12/h6-13,16,19-20,42H,14-15,17-18,22H2,1-5H3,(H,43,44,45);6-7H,3-5H2,1-2H3,(H,10,11,12). The number of halogens is 3. The second kappa shape index (κ2) is 22.5. The van der Waals surface area contributed by atoms with Gasteiger partial charge >= 0.3 is 0 Å². The third kappa shape index (κ3) is 13.5. The SMILES string of the molecule is CCC(C)C1CCC(=O)NC1=O.CSNc1nccc(COc2ccc(C(C)(C)c3cc(Cl)c(OCCC(F)(F)CCNc4cccc(C(C)=O)c4C(C)=O)c(C#N)c3)cc2)n1. The molecule has 0 spiro atoms. The Kier molecular flexibility index (Phi) is 17.8. The molecule has 1 aliphatic heterocycles. The van der Waals surface area contributed by atoms with Crippen molar-refractivity contribution >= 4 is 58.6 Å². The van der Waals surface area contributed by atoms with Gasteiger partial charge in [0.05, 0.1) is 28.5 Å². The van der Waals surface area contributed by atoms with E-state index in [1.165, 1.54) is 31.9 Å². The molecule has 1 aromatic heterocycles. The fourth-order valence-corrected chi connectivity index (χ4v) is 7.37. The number of amides is 2. The third-order valence-corrected chi connectivity index (χ3v) is 11.4. The van der Waals surface area contributed by atoms with Crippen LogP contribution in [-0.2, 0) is 21.6 Å². The summed E-state index contributed by atoms with van der Waals surface area (Å²) in [5, 5.41) is 15.3. The van der Waals surface area contributed by atoms with Gasteiger partial charge in [0.1, 0.15) is 18.4 Å². The lowest BCUT2D eigenvalue weighted by Crippen LogP contribution is -2.42. The normalized spacial score (nSPS) is 14.4. The van der Waals surface area contributed by atoms with Gasteiger partial charge in [-0.15, -0.1) is 0 Å². The van der Waals surface area contributed by atoms with Gasteiger partial charge in [-0.3, -0.25) is 29.2 Å². The van der Waals surface area contributed by atoms with Crippen molar-refractivity contribution in [2.24, 2.45) is 11.8 Å². The summed E-state index contributed by atoms with van der Waals surface area (Å²) in [6.45, 7) is 10.5. The number of piperidine rings is 1. The molecular formula is C46H53ClF2N6O6S. The number of nitrogens with zero attached hydrogens (tertiary/aromatic N) is 3. The Hall–Kier alpha value is -5.59. The number of benzene rings is 3. The van der Waals surface area contributed by atoms with E-state index in [1.807, 2.05) is 44.4 Å². The highest BCUT2D eigenvalue weighted by Crippen LogP contribution is 2.39. The molecule has 4 aromatic rings. The van der Waals surface area contributed by atoms with Crippen LogP contribution in [0.2, 0.25) is 5.02 Å². The summed E-state index contributed by atoms with van der Waals surface area (Å²) in [4.78, 5) is 54.7. The predicted octanol–water partition coefficient (Wildman–Crippen LogP) is 9.99. The predicted molar refractivity (Wildman–Crippen MR) is 238 cm³/mol. The first-order valence-electron chi connectivity index (χ1n) is 20.2. The zero-order valence-corrected chi connectivity index (χ0v) is 37.6. The number of imide groups is 1. The highest BCUT2D eigenvalue weighted by Gasteiger charge is 2.31. The minimum absolute atomic E-state index is 0.0409. The number of rotatable bonds is 19. The van der Waals surface area contributed by atoms with Crippen molar-refractivity contribution in [3.63, 3.8) is 0 Å². The van der Waals surface area contributed by atoms with E-state index in [4.69, 9.17) is 21.1 Å². The molecule has 1 saturated heterocycles. The summed E-state index contributed by atoms with van der Waals surface area (Å²) < 4.78 is 44.2. The Bertz CT molecular complexity index is 2270. The molecule has 1 fully saturated rings. The van der Waals surface area contributed by atoms with Crippen LogP contribution in [0.4, 0.5) is 20.4 Å². The summed E-state index contributed by atoms with van der Waals surface area (Å²) >= 11 is 7.98. The van der Waals surface area contributed by atoms with Crippen LogP contribution in [0.5, 0.6) is 11.5 Å². The maximum absolute atomic E-state index is 14.8. The fraction of sp³-hybridized carbons (Fsp3) is 0.413. The van der Waals surface area contributed by atoms with E-state index >= 15 is 0 Å². The first-order chi connectivity index (χ1) is 29.4. The van der Waals surface area contributed by atoms with Crippen molar-refractivity contribution in [1.82, 2.24) is 15.3 Å². The van der Waals surface area contributed by atoms with Crippen molar-refractivity contribution in [2.45, 2.75) is 91.6 Å². The quantitative estimate of drug-likeness (QED) is 0.0463. The molecule has 5 rings (SSSR count). The molecule has 3 N–H and O–H groups in total. The second-order valence-electron chi connectivity index (χ2n) is 15.5. The summed E-state index contributed by atoms with van der Waals surface area (Å²) in [5.41, 5.74) is 2.69. The number of aromatic nitrogens is 2. The molecule has 0 radical (unpaired) electrons. The molecular weight excluding hydrogens is 838 g/mol. The van der Waals surface area contributed by atoms with Crippen LogP contribution >= 0.6 is 23.5 Å². The van der Waals surface area contributed by atoms with E-state index in [-0.39, 0.29) is 76.5 Å². The van der Waals surface area contributed by atoms with Crippen molar-refractivity contribution < 1.29 is 37.4 Å². The lowest BCUT2D eigenvalue weighted by atomic mass is 9.77. The number of carbonyl (C=O) groups is 4. The second-order valence-corrected chi connectivity index (χ2v) is 16.5. The van der Waals surface area contributed by atoms with Crippen LogP contribution in [0.15, 0.2) is 66.9 Å². The van der Waals surface area contributed by atoms with Crippen LogP contribution < -0.4 is 24.8 Å². The Labute approximate surface area is 371 Å². The third-order valence-electron chi connectivity index (χ3n) is 10.7. The minimum Gasteiger partial charge on any atom is -0.490 e. The number of ketones is 2. The molecule has 2 atom stereocenters. The van der Waals surface area contributed by atoms with Crippen molar-refractivity contribution in [3.8, 4) is 17.6 Å². The molecule has 12 nitrogen and oxygen atoms in total. The number of alkyl halides is 2. The number of anilines is 2. The fourth-order valence-electron chi connectivity index (χ4n) is 6.81. The van der Waals surface area contributed by atoms with Gasteiger partial charge in [0.2, 0.25) is 17.8 Å². The van der Waals surface area contributed by atoms with E-state index in [9.17, 15) is 33.2 Å². The molecule has 2 amide bonds. The zero-order valence-electron chi connectivity index (χ0n) is 36.0. The molecule has 0 aliphatic carbocycles. The van der Waals surface area contributed by atoms with Gasteiger partial charge in [0, 0.05) is 60.8 Å². The number of ether oxygens (including phenoxy) is 2. The first kappa shape index (κ1) is 49.1. The smallest absolute Gasteiger partial charge is 0.253 e. The van der Waals surface area contributed by atoms with Crippen molar-refractivity contribution in [1.29, 1.82) is 5.26 Å². The van der Waals surface area contributed by atoms with Crippen LogP contribution in [0.1, 0.15) is 117 Å². The Morgan fingerprint density at radius 2 is 1.77 bits per heavy atom. The van der Waals surface area contributed by atoms with Gasteiger partial charge in [-0.05, 0) is 73.7 Å². The van der Waals surface area contributed by atoms with Gasteiger partial charge in [-0.1, -0.05) is 81.9 Å². The van der Waals surface area contributed by atoms with E-state index < -0.39 is 24.2 Å². The summed E-state index contributed by atoms with van der Waals surface area (Å²) in [5.74, 6) is -2.33. The maximum atomic E-state index is 14.8. The number of Topliss-reactive ketones (excluding diaryl/α,β-unsaturated/α-hetero) is 2. The number of hydrogen-bond acceptors (Lipinski definition) is 12.